The van der Waals surface area contributed by atoms with Crippen LogP contribution in [-0.4, -0.2) is 237 Å². The van der Waals surface area contributed by atoms with Gasteiger partial charge in [0.1, 0.15) is 46.9 Å². The van der Waals surface area contributed by atoms with E-state index in [-0.39, 0.29) is 11.4 Å². The van der Waals surface area contributed by atoms with Crippen LogP contribution < -0.4 is 33.8 Å². The SMILES string of the molecule is COc1ccc(CN2C3CC2CN(c2ccc(-c4cc(C#CC5(O)CCOCC5)cn5ncc(C#N)c45)cn2)C3)cn1.COc1ncc(CN2C3CC2CN(c2ccc(-c4cc(C#CC5(O)CCOCC5)cn5ncc(C#N)c45)cn2)C3)cc1F.[C-]#[N+]C1(C)CN(c2cc(-c3ccc(N4CC5CC(C4)N5Cc4ccc(OC)nc4)nc3)c3c(C#N)cnn3c2)C1. The standard InChI is InChI=1S/C32H30FN7O3.C32H31N7O3.C30H29N9O/c1-42-31-28(33)11-22(14-36-31)17-39-25-12-26(39)20-38(19-25)29-3-2-23(15-35-29)27-10-21(4-5-32(41)6-8-43-9-7-32)18-40-30(27)24(13-34)16-37-40;1-41-30-5-2-23(15-35-30)18-38-26-13-27(38)21-37(20-26)29-4-3-24(16-34-29)28-12-22(6-7-32(40)8-10-42-11-9-32)19-39-31(28)25(14-33)17-36-39;1-30(32-2)18-37(19-30)23-9-26(29-22(10-31)13-35-39(29)17-23)21-5-6-27(33-12-21)36-15-24-8-25(16-36)38(24)14-20-4-7-28(40-3)34-11-20/h2-3,10-11,14-16,18,25-26,41H,6-9,12,17,19-20H2,1H3;2-5,12,15-17,19,26-27,40H,8-11,13,18,20-21H2,1H3;4-7,9,11-13,17,24-25H,8,14-16,18-19H2,1,3H3. The number of aliphatic hydroxyl groups is 2. The zero-order valence-electron chi connectivity index (χ0n) is 69.6. The van der Waals surface area contributed by atoms with Crippen LogP contribution in [0.2, 0.25) is 0 Å². The molecular weight excluding hydrogens is 1580 g/mol. The zero-order valence-corrected chi connectivity index (χ0v) is 69.6. The first-order chi connectivity index (χ1) is 60.9. The first-order valence-electron chi connectivity index (χ1n) is 42.0. The zero-order chi connectivity index (χ0) is 85.7. The number of rotatable bonds is 16. The number of aromatic nitrogens is 12. The quantitative estimate of drug-likeness (QED) is 0.0671. The van der Waals surface area contributed by atoms with E-state index in [0.29, 0.717) is 159 Å². The fourth-order valence-electron chi connectivity index (χ4n) is 18.8. The Balaban J connectivity index is 0.000000123. The summed E-state index contributed by atoms with van der Waals surface area (Å²) in [6.07, 6.45) is 26.7. The molecule has 0 saturated carbocycles. The second-order valence-electron chi connectivity index (χ2n) is 33.9. The fraction of sp³-hybridized carbons (Fsp3) is 0.372. The van der Waals surface area contributed by atoms with Crippen molar-refractivity contribution in [2.24, 2.45) is 0 Å². The van der Waals surface area contributed by atoms with Crippen molar-refractivity contribution in [1.29, 1.82) is 15.8 Å². The average molecular weight is 1670 g/mol. The van der Waals surface area contributed by atoms with E-state index in [4.69, 9.17) is 45.2 Å². The van der Waals surface area contributed by atoms with Gasteiger partial charge in [-0.1, -0.05) is 35.8 Å². The van der Waals surface area contributed by atoms with Gasteiger partial charge in [-0.25, -0.2) is 54.4 Å². The highest BCUT2D eigenvalue weighted by Crippen LogP contribution is 2.43. The van der Waals surface area contributed by atoms with Crippen molar-refractivity contribution >= 4 is 39.7 Å². The maximum atomic E-state index is 14.2. The molecule has 12 fully saturated rings. The van der Waals surface area contributed by atoms with Crippen molar-refractivity contribution in [1.82, 2.24) is 73.4 Å². The van der Waals surface area contributed by atoms with Crippen LogP contribution >= 0.6 is 0 Å². The summed E-state index contributed by atoms with van der Waals surface area (Å²) in [6.45, 7) is 20.6. The first-order valence-corrected chi connectivity index (χ1v) is 42.0. The molecule has 30 nitrogen and oxygen atoms in total. The third kappa shape index (κ3) is 16.3. The smallest absolute Gasteiger partial charge is 0.264 e. The Hall–Kier alpha value is -13.7. The number of nitrogens with zero attached hydrogens (tertiary/aromatic N) is 23. The van der Waals surface area contributed by atoms with E-state index >= 15 is 0 Å². The van der Waals surface area contributed by atoms with Gasteiger partial charge in [-0.15, -0.1) is 0 Å². The summed E-state index contributed by atoms with van der Waals surface area (Å²) < 4.78 is 45.3. The summed E-state index contributed by atoms with van der Waals surface area (Å²) in [6, 6.07) is 37.2. The summed E-state index contributed by atoms with van der Waals surface area (Å²) in [5, 5.41) is 64.1. The van der Waals surface area contributed by atoms with Gasteiger partial charge in [0, 0.05) is 234 Å². The van der Waals surface area contributed by atoms with E-state index in [9.17, 15) is 30.4 Å². The minimum absolute atomic E-state index is 0.0132. The number of anilines is 4. The Morgan fingerprint density at radius 2 is 0.848 bits per heavy atom. The number of methoxy groups -OCH3 is 3. The number of piperazine rings is 3. The van der Waals surface area contributed by atoms with Crippen molar-refractivity contribution in [3.05, 3.63) is 221 Å². The number of piperidine rings is 3. The lowest BCUT2D eigenvalue weighted by Crippen LogP contribution is -2.68. The largest absolute Gasteiger partial charge is 0.481 e. The number of ether oxygens (including phenoxy) is 5. The normalized spacial score (nSPS) is 21.2. The van der Waals surface area contributed by atoms with E-state index in [1.807, 2.05) is 80.5 Å². The molecule has 12 aromatic heterocycles. The highest BCUT2D eigenvalue weighted by molar-refractivity contribution is 5.88. The average Bonchev–Trinajstić information content (AvgIpc) is 1.19. The molecule has 0 aliphatic carbocycles. The molecule has 12 aromatic rings. The molecule has 0 radical (unpaired) electrons. The molecular formula is C94H90FN23O7. The summed E-state index contributed by atoms with van der Waals surface area (Å²) in [5.74, 6) is 16.0. The molecule has 125 heavy (non-hydrogen) atoms. The van der Waals surface area contributed by atoms with Crippen LogP contribution in [-0.2, 0) is 29.1 Å². The van der Waals surface area contributed by atoms with E-state index in [2.05, 4.69) is 154 Å². The summed E-state index contributed by atoms with van der Waals surface area (Å²) in [7, 11) is 4.68. The summed E-state index contributed by atoms with van der Waals surface area (Å²) in [5.41, 5.74) is 12.0. The van der Waals surface area contributed by atoms with E-state index in [0.717, 1.165) is 126 Å². The highest BCUT2D eigenvalue weighted by atomic mass is 19.1. The predicted octanol–water partition coefficient (Wildman–Crippen LogP) is 9.83. The van der Waals surface area contributed by atoms with Crippen molar-refractivity contribution in [2.45, 2.75) is 124 Å². The Bertz CT molecular complexity index is 6340. The van der Waals surface area contributed by atoms with Crippen molar-refractivity contribution in [3.63, 3.8) is 0 Å². The monoisotopic (exact) mass is 1670 g/mol. The van der Waals surface area contributed by atoms with E-state index in [1.165, 1.54) is 37.1 Å². The Morgan fingerprint density at radius 3 is 1.19 bits per heavy atom. The van der Waals surface area contributed by atoms with Gasteiger partial charge in [0.25, 0.3) is 5.54 Å². The number of hydrogen-bond acceptors (Lipinski definition) is 26. The number of nitriles is 3. The molecule has 31 heteroatoms. The molecule has 0 aromatic carbocycles. The van der Waals surface area contributed by atoms with Gasteiger partial charge in [0.05, 0.1) is 125 Å². The van der Waals surface area contributed by atoms with Crippen LogP contribution in [0.25, 0.3) is 54.8 Å². The third-order valence-electron chi connectivity index (χ3n) is 25.7. The summed E-state index contributed by atoms with van der Waals surface area (Å²) >= 11 is 0. The second-order valence-corrected chi connectivity index (χ2v) is 33.9. The predicted molar refractivity (Wildman–Crippen MR) is 463 cm³/mol. The van der Waals surface area contributed by atoms with Gasteiger partial charge in [-0.2, -0.15) is 31.1 Å². The highest BCUT2D eigenvalue weighted by Gasteiger charge is 2.49. The molecule has 630 valence electrons. The van der Waals surface area contributed by atoms with Crippen LogP contribution in [0.4, 0.5) is 27.5 Å². The minimum atomic E-state index is -1.08. The molecule has 0 amide bonds. The lowest BCUT2D eigenvalue weighted by Gasteiger charge is -2.56. The van der Waals surface area contributed by atoms with Crippen molar-refractivity contribution < 1.29 is 38.3 Å². The van der Waals surface area contributed by atoms with Gasteiger partial charge < -0.3 is 58.3 Å². The Kier molecular flexibility index (Phi) is 21.9. The van der Waals surface area contributed by atoms with Gasteiger partial charge in [-0.3, -0.25) is 14.7 Å². The second kappa shape index (κ2) is 33.9. The molecule has 12 aliphatic rings. The molecule has 24 rings (SSSR count). The van der Waals surface area contributed by atoms with Crippen LogP contribution in [0.15, 0.2) is 159 Å². The van der Waals surface area contributed by atoms with Gasteiger partial charge >= 0.3 is 0 Å². The lowest BCUT2D eigenvalue weighted by atomic mass is 9.87. The third-order valence-corrected chi connectivity index (χ3v) is 25.7. The fourth-order valence-corrected chi connectivity index (χ4v) is 18.8. The molecule has 6 bridgehead atoms. The van der Waals surface area contributed by atoms with E-state index < -0.39 is 17.0 Å². The van der Waals surface area contributed by atoms with Gasteiger partial charge in [0.15, 0.2) is 5.82 Å². The molecule has 2 N–H and O–H groups in total. The van der Waals surface area contributed by atoms with Crippen LogP contribution in [0.5, 0.6) is 17.6 Å². The van der Waals surface area contributed by atoms with Crippen LogP contribution in [0.1, 0.15) is 96.4 Å². The minimum Gasteiger partial charge on any atom is -0.481 e. The number of fused-ring (bicyclic) bond motifs is 9. The summed E-state index contributed by atoms with van der Waals surface area (Å²) in [4.78, 5) is 47.8. The Labute approximate surface area is 721 Å². The first kappa shape index (κ1) is 81.0. The van der Waals surface area contributed by atoms with E-state index in [1.54, 1.807) is 64.9 Å². The van der Waals surface area contributed by atoms with Crippen LogP contribution in [0, 0.1) is 70.1 Å². The topological polar surface area (TPSA) is 314 Å². The molecule has 24 heterocycles. The number of pyridine rings is 9. The molecule has 0 spiro atoms. The van der Waals surface area contributed by atoms with Crippen molar-refractivity contribution in [3.8, 4) is 92.9 Å². The molecule has 12 aliphatic heterocycles. The molecule has 12 saturated heterocycles. The van der Waals surface area contributed by atoms with Gasteiger partial charge in [0.2, 0.25) is 17.6 Å². The van der Waals surface area contributed by atoms with Crippen molar-refractivity contribution in [2.75, 3.05) is 120 Å². The lowest BCUT2D eigenvalue weighted by molar-refractivity contribution is -0.0266. The Morgan fingerprint density at radius 1 is 0.464 bits per heavy atom. The van der Waals surface area contributed by atoms with Gasteiger partial charge in [-0.05, 0) is 96.6 Å². The van der Waals surface area contributed by atoms with Crippen LogP contribution in [0.3, 0.4) is 0 Å². The maximum Gasteiger partial charge on any atom is 0.264 e. The number of halogens is 1. The molecule has 6 atom stereocenters. The maximum absolute atomic E-state index is 14.2. The molecule has 6 unspecified atom stereocenters. The number of hydrogen-bond donors (Lipinski definition) is 2.